The second kappa shape index (κ2) is 5.63. The van der Waals surface area contributed by atoms with Crippen LogP contribution in [0.1, 0.15) is 5.56 Å². The van der Waals surface area contributed by atoms with Crippen LogP contribution in [-0.2, 0) is 0 Å². The molecule has 0 radical (unpaired) electrons. The smallest absolute Gasteiger partial charge is 0.134 e. The zero-order chi connectivity index (χ0) is 9.68. The lowest BCUT2D eigenvalue weighted by atomic mass is 10.2. The van der Waals surface area contributed by atoms with E-state index in [1.165, 1.54) is 8.93 Å². The lowest BCUT2D eigenvalue weighted by Gasteiger charge is -2.02. The summed E-state index contributed by atoms with van der Waals surface area (Å²) in [6.45, 7) is 0. The van der Waals surface area contributed by atoms with E-state index in [0.29, 0.717) is 5.02 Å². The number of hydrogen-bond acceptors (Lipinski definition) is 2. The molecule has 1 nitrogen and oxygen atoms in total. The first-order valence-corrected chi connectivity index (χ1v) is 7.14. The fourth-order valence-electron chi connectivity index (χ4n) is 0.852. The summed E-state index contributed by atoms with van der Waals surface area (Å²) in [7, 11) is 3.05. The number of rotatable bonds is 1. The minimum atomic E-state index is 0.670. The number of hydrogen-bond donors (Lipinski definition) is 0. The Hall–Kier alpha value is -0.0500. The van der Waals surface area contributed by atoms with Gasteiger partial charge in [0.05, 0.1) is 12.7 Å². The predicted molar refractivity (Wildman–Crippen MR) is 66.5 cm³/mol. The van der Waals surface area contributed by atoms with E-state index in [2.05, 4.69) is 32.4 Å². The summed E-state index contributed by atoms with van der Waals surface area (Å²) in [5.41, 5.74) is 0.819. The van der Waals surface area contributed by atoms with Gasteiger partial charge in [0.1, 0.15) is 5.75 Å². The SMILES string of the molecule is COc1ccc(Cl)cc1C#CSI. The van der Waals surface area contributed by atoms with Crippen molar-refractivity contribution in [1.29, 1.82) is 0 Å². The van der Waals surface area contributed by atoms with Crippen molar-refractivity contribution >= 4 is 41.7 Å². The Morgan fingerprint density at radius 3 is 2.92 bits per heavy atom. The second-order valence-electron chi connectivity index (χ2n) is 2.15. The third kappa shape index (κ3) is 3.29. The van der Waals surface area contributed by atoms with Crippen LogP contribution in [0, 0.1) is 11.2 Å². The van der Waals surface area contributed by atoms with E-state index >= 15 is 0 Å². The maximum Gasteiger partial charge on any atom is 0.134 e. The molecular weight excluding hydrogens is 319 g/mol. The van der Waals surface area contributed by atoms with Gasteiger partial charge in [0.15, 0.2) is 0 Å². The molecule has 0 fully saturated rings. The topological polar surface area (TPSA) is 9.23 Å². The molecule has 0 N–H and O–H groups in total. The molecule has 1 aromatic rings. The largest absolute Gasteiger partial charge is 0.495 e. The zero-order valence-corrected chi connectivity index (χ0v) is 10.5. The van der Waals surface area contributed by atoms with Crippen LogP contribution in [0.2, 0.25) is 5.02 Å². The van der Waals surface area contributed by atoms with Gasteiger partial charge < -0.3 is 4.74 Å². The lowest BCUT2D eigenvalue weighted by Crippen LogP contribution is -1.86. The lowest BCUT2D eigenvalue weighted by molar-refractivity contribution is 0.413. The van der Waals surface area contributed by atoms with Gasteiger partial charge in [-0.1, -0.05) is 17.5 Å². The Morgan fingerprint density at radius 2 is 2.31 bits per heavy atom. The fraction of sp³-hybridized carbons (Fsp3) is 0.111. The van der Waals surface area contributed by atoms with Crippen molar-refractivity contribution in [3.05, 3.63) is 28.8 Å². The van der Waals surface area contributed by atoms with Gasteiger partial charge in [-0.3, -0.25) is 0 Å². The molecule has 0 saturated carbocycles. The van der Waals surface area contributed by atoms with Crippen molar-refractivity contribution < 1.29 is 4.74 Å². The third-order valence-corrected chi connectivity index (χ3v) is 2.46. The molecule has 0 aromatic heterocycles. The maximum absolute atomic E-state index is 5.82. The van der Waals surface area contributed by atoms with Crippen LogP contribution < -0.4 is 4.74 Å². The highest BCUT2D eigenvalue weighted by Gasteiger charge is 1.99. The maximum atomic E-state index is 5.82. The Bertz CT molecular complexity index is 356. The van der Waals surface area contributed by atoms with Gasteiger partial charge in [-0.25, -0.2) is 0 Å². The fourth-order valence-corrected chi connectivity index (χ4v) is 1.50. The molecule has 4 heteroatoms. The Balaban J connectivity index is 3.08. The minimum Gasteiger partial charge on any atom is -0.495 e. The van der Waals surface area contributed by atoms with E-state index < -0.39 is 0 Å². The highest BCUT2D eigenvalue weighted by molar-refractivity contribution is 14.2. The first-order valence-electron chi connectivity index (χ1n) is 3.40. The number of ether oxygens (including phenoxy) is 1. The molecule has 0 amide bonds. The summed E-state index contributed by atoms with van der Waals surface area (Å²) >= 11 is 7.94. The predicted octanol–water partition coefficient (Wildman–Crippen LogP) is 3.74. The Morgan fingerprint density at radius 1 is 1.54 bits per heavy atom. The van der Waals surface area contributed by atoms with Crippen molar-refractivity contribution in [2.75, 3.05) is 7.11 Å². The molecule has 0 aliphatic rings. The first kappa shape index (κ1) is 11.0. The van der Waals surface area contributed by atoms with Gasteiger partial charge in [-0.2, -0.15) is 0 Å². The quantitative estimate of drug-likeness (QED) is 0.575. The van der Waals surface area contributed by atoms with Crippen LogP contribution in [0.3, 0.4) is 0 Å². The first-order chi connectivity index (χ1) is 6.27. The average Bonchev–Trinajstić information content (AvgIpc) is 2.15. The van der Waals surface area contributed by atoms with E-state index in [9.17, 15) is 0 Å². The van der Waals surface area contributed by atoms with Crippen molar-refractivity contribution in [3.63, 3.8) is 0 Å². The van der Waals surface area contributed by atoms with E-state index in [1.807, 2.05) is 6.07 Å². The van der Waals surface area contributed by atoms with Crippen molar-refractivity contribution in [2.45, 2.75) is 0 Å². The monoisotopic (exact) mass is 324 g/mol. The van der Waals surface area contributed by atoms with E-state index in [4.69, 9.17) is 16.3 Å². The highest BCUT2D eigenvalue weighted by Crippen LogP contribution is 2.22. The van der Waals surface area contributed by atoms with Crippen LogP contribution in [0.4, 0.5) is 0 Å². The molecule has 0 aliphatic carbocycles. The van der Waals surface area contributed by atoms with E-state index in [1.54, 1.807) is 19.2 Å². The van der Waals surface area contributed by atoms with Crippen LogP contribution in [-0.4, -0.2) is 7.11 Å². The van der Waals surface area contributed by atoms with Crippen molar-refractivity contribution in [1.82, 2.24) is 0 Å². The Kier molecular flexibility index (Phi) is 4.78. The van der Waals surface area contributed by atoms with Gasteiger partial charge in [0.2, 0.25) is 0 Å². The summed E-state index contributed by atoms with van der Waals surface area (Å²) in [6.07, 6.45) is 0. The van der Waals surface area contributed by atoms with E-state index in [0.717, 1.165) is 11.3 Å². The van der Waals surface area contributed by atoms with Gasteiger partial charge in [-0.05, 0) is 32.4 Å². The van der Waals surface area contributed by atoms with Crippen LogP contribution in [0.5, 0.6) is 5.75 Å². The third-order valence-electron chi connectivity index (χ3n) is 1.39. The highest BCUT2D eigenvalue weighted by atomic mass is 127. The standard InChI is InChI=1S/C9H6ClIOS/c1-12-9-3-2-8(10)6-7(9)4-5-13-11/h2-3,6H,1H3. The summed E-state index contributed by atoms with van der Waals surface area (Å²) in [4.78, 5) is 0. The second-order valence-corrected chi connectivity index (χ2v) is 4.26. The van der Waals surface area contributed by atoms with Crippen molar-refractivity contribution in [2.24, 2.45) is 0 Å². The summed E-state index contributed by atoms with van der Waals surface area (Å²) < 4.78 is 5.12. The van der Waals surface area contributed by atoms with Gasteiger partial charge in [0.25, 0.3) is 0 Å². The number of methoxy groups -OCH3 is 1. The molecule has 1 aromatic carbocycles. The molecule has 0 aliphatic heterocycles. The van der Waals surface area contributed by atoms with Crippen LogP contribution >= 0.6 is 41.7 Å². The van der Waals surface area contributed by atoms with E-state index in [-0.39, 0.29) is 0 Å². The average molecular weight is 325 g/mol. The summed E-state index contributed by atoms with van der Waals surface area (Å²) in [5, 5.41) is 3.55. The molecule has 0 saturated heterocycles. The summed E-state index contributed by atoms with van der Waals surface area (Å²) in [5.74, 6) is 3.70. The molecule has 0 spiro atoms. The molecule has 0 atom stereocenters. The summed E-state index contributed by atoms with van der Waals surface area (Å²) in [6, 6.07) is 5.38. The Labute approximate surface area is 98.8 Å². The molecule has 0 bridgehead atoms. The molecule has 0 unspecified atom stereocenters. The van der Waals surface area contributed by atoms with Crippen LogP contribution in [0.25, 0.3) is 0 Å². The zero-order valence-electron chi connectivity index (χ0n) is 6.80. The van der Waals surface area contributed by atoms with Gasteiger partial charge in [-0.15, -0.1) is 0 Å². The van der Waals surface area contributed by atoms with Crippen LogP contribution in [0.15, 0.2) is 18.2 Å². The molecular formula is C9H6ClIOS. The van der Waals surface area contributed by atoms with Gasteiger partial charge >= 0.3 is 0 Å². The molecule has 68 valence electrons. The molecule has 1 rings (SSSR count). The molecule has 13 heavy (non-hydrogen) atoms. The number of halogens is 2. The molecule has 0 heterocycles. The number of benzene rings is 1. The normalized spacial score (nSPS) is 8.85. The van der Waals surface area contributed by atoms with Gasteiger partial charge in [0, 0.05) is 26.2 Å². The van der Waals surface area contributed by atoms with Crippen molar-refractivity contribution in [3.8, 4) is 16.9 Å². The minimum absolute atomic E-state index is 0.670.